The number of aliphatic imine (C=N–C) groups is 2. The fraction of sp³-hybridized carbons (Fsp3) is 0.433. The van der Waals surface area contributed by atoms with Crippen molar-refractivity contribution in [3.8, 4) is 0 Å². The Balaban J connectivity index is 1.16. The molecule has 4 amide bonds. The third-order valence-electron chi connectivity index (χ3n) is 9.49. The molecule has 8 N–H and O–H groups in total. The summed E-state index contributed by atoms with van der Waals surface area (Å²) in [6.07, 6.45) is 4.78. The quantitative estimate of drug-likeness (QED) is 0.144. The first kappa shape index (κ1) is 28.1. The molecule has 14 nitrogen and oxygen atoms in total. The number of rotatable bonds is 5. The lowest BCUT2D eigenvalue weighted by molar-refractivity contribution is -0.230. The number of nitrogens with zero attached hydrogens (tertiary/aromatic N) is 5. The summed E-state index contributed by atoms with van der Waals surface area (Å²) in [6.45, 7) is -0.475. The molecule has 0 bridgehead atoms. The van der Waals surface area contributed by atoms with Crippen LogP contribution in [0.15, 0.2) is 58.5 Å². The molecule has 14 heteroatoms. The second-order valence-corrected chi connectivity index (χ2v) is 12.0. The number of hydrogen-bond donors (Lipinski definition) is 6. The Morgan fingerprint density at radius 2 is 1.80 bits per heavy atom. The Bertz CT molecular complexity index is 1590. The molecule has 1 aliphatic carbocycles. The third-order valence-corrected chi connectivity index (χ3v) is 9.49. The Hall–Kier alpha value is -4.69. The first-order chi connectivity index (χ1) is 21.1. The lowest BCUT2D eigenvalue weighted by Gasteiger charge is -2.49. The Kier molecular flexibility index (Phi) is 6.51. The summed E-state index contributed by atoms with van der Waals surface area (Å²) in [5, 5.41) is 29.4. The number of aryl methyl sites for hydroxylation is 1. The van der Waals surface area contributed by atoms with E-state index in [0.29, 0.717) is 11.3 Å². The molecule has 44 heavy (non-hydrogen) atoms. The molecule has 7 rings (SSSR count). The van der Waals surface area contributed by atoms with Crippen molar-refractivity contribution in [2.45, 2.75) is 61.7 Å². The van der Waals surface area contributed by atoms with Crippen LogP contribution in [0.3, 0.4) is 0 Å². The minimum absolute atomic E-state index is 0.0690. The molecular weight excluding hydrogens is 566 g/mol. The summed E-state index contributed by atoms with van der Waals surface area (Å²) in [5.41, 5.74) is 13.9. The number of aliphatic hydroxyl groups is 2. The molecule has 2 fully saturated rings. The highest BCUT2D eigenvalue weighted by atomic mass is 16.5. The van der Waals surface area contributed by atoms with E-state index in [0.717, 1.165) is 48.1 Å². The molecule has 5 aliphatic rings. The van der Waals surface area contributed by atoms with Crippen LogP contribution in [0.25, 0.3) is 0 Å². The average Bonchev–Trinajstić information content (AvgIpc) is 3.48. The maximum Gasteiger partial charge on any atom is 0.331 e. The van der Waals surface area contributed by atoms with Crippen molar-refractivity contribution < 1.29 is 24.6 Å². The second kappa shape index (κ2) is 10.2. The van der Waals surface area contributed by atoms with Crippen LogP contribution in [0.2, 0.25) is 0 Å². The number of imide groups is 1. The van der Waals surface area contributed by atoms with Crippen LogP contribution in [0.4, 0.5) is 10.5 Å². The number of carbonyl (C=O) groups excluding carboxylic acids is 3. The summed E-state index contributed by atoms with van der Waals surface area (Å²) in [6, 6.07) is 10.7. The first-order valence-electron chi connectivity index (χ1n) is 14.9. The first-order valence-corrected chi connectivity index (χ1v) is 14.9. The lowest BCUT2D eigenvalue weighted by atomic mass is 9.84. The lowest BCUT2D eigenvalue weighted by Crippen LogP contribution is -2.78. The van der Waals surface area contributed by atoms with E-state index in [-0.39, 0.29) is 31.6 Å². The number of anilines is 1. The number of carbonyl (C=O) groups is 3. The molecule has 0 radical (unpaired) electrons. The van der Waals surface area contributed by atoms with Crippen molar-refractivity contribution in [2.24, 2.45) is 21.5 Å². The van der Waals surface area contributed by atoms with Gasteiger partial charge in [-0.2, -0.15) is 0 Å². The average molecular weight is 602 g/mol. The largest absolute Gasteiger partial charge is 0.370 e. The number of fused-ring (bicyclic) bond motifs is 1. The van der Waals surface area contributed by atoms with E-state index in [1.807, 2.05) is 18.2 Å². The van der Waals surface area contributed by atoms with Gasteiger partial charge in [0.15, 0.2) is 17.6 Å². The van der Waals surface area contributed by atoms with Crippen LogP contribution >= 0.6 is 0 Å². The fourth-order valence-electron chi connectivity index (χ4n) is 7.36. The van der Waals surface area contributed by atoms with Crippen molar-refractivity contribution in [3.05, 3.63) is 65.2 Å². The fourth-order valence-corrected chi connectivity index (χ4v) is 7.36. The molecular formula is C30H35N9O5. The predicted octanol–water partition coefficient (Wildman–Crippen LogP) is -0.801. The molecule has 2 aromatic rings. The summed E-state index contributed by atoms with van der Waals surface area (Å²) in [7, 11) is 0. The zero-order valence-corrected chi connectivity index (χ0v) is 24.0. The van der Waals surface area contributed by atoms with E-state index >= 15 is 0 Å². The third kappa shape index (κ3) is 4.12. The molecule has 4 aliphatic heterocycles. The minimum atomic E-state index is -2.64. The van der Waals surface area contributed by atoms with E-state index in [2.05, 4.69) is 20.6 Å². The summed E-state index contributed by atoms with van der Waals surface area (Å²) >= 11 is 0. The van der Waals surface area contributed by atoms with Crippen molar-refractivity contribution in [1.82, 2.24) is 20.4 Å². The molecule has 4 heterocycles. The number of nitrogens with one attached hydrogen (secondary N) is 2. The van der Waals surface area contributed by atoms with Gasteiger partial charge in [0.25, 0.3) is 11.8 Å². The molecule has 4 atom stereocenters. The number of guanidine groups is 2. The van der Waals surface area contributed by atoms with Gasteiger partial charge in [0.05, 0.1) is 12.6 Å². The zero-order valence-electron chi connectivity index (χ0n) is 24.0. The number of benzene rings is 2. The normalized spacial score (nSPS) is 28.9. The SMILES string of the molecule is NC1=N[C@H]2[C@H](CN3C(=O)CN(c4ccccc4)C3=O)N=C(N)N3CC(NC(=O)c4cccc5c4CCCCC5)C(O)(O)C23N1. The van der Waals surface area contributed by atoms with Crippen LogP contribution in [-0.2, 0) is 17.6 Å². The highest BCUT2D eigenvalue weighted by Gasteiger charge is 2.73. The van der Waals surface area contributed by atoms with Crippen LogP contribution in [-0.4, -0.2) is 99.0 Å². The van der Waals surface area contributed by atoms with E-state index in [1.54, 1.807) is 30.3 Å². The summed E-state index contributed by atoms with van der Waals surface area (Å²) < 4.78 is 0. The molecule has 2 unspecified atom stereocenters. The minimum Gasteiger partial charge on any atom is -0.370 e. The smallest absolute Gasteiger partial charge is 0.331 e. The number of nitrogens with two attached hydrogens (primary N) is 2. The topological polar surface area (TPSA) is 202 Å². The van der Waals surface area contributed by atoms with Crippen molar-refractivity contribution in [2.75, 3.05) is 24.5 Å². The zero-order chi connectivity index (χ0) is 30.8. The monoisotopic (exact) mass is 601 g/mol. The Labute approximate surface area is 253 Å². The molecule has 230 valence electrons. The molecule has 1 spiro atoms. The summed E-state index contributed by atoms with van der Waals surface area (Å²) in [4.78, 5) is 52.9. The van der Waals surface area contributed by atoms with Crippen LogP contribution in [0, 0.1) is 0 Å². The van der Waals surface area contributed by atoms with Gasteiger partial charge in [-0.25, -0.2) is 14.8 Å². The van der Waals surface area contributed by atoms with Gasteiger partial charge in [-0.15, -0.1) is 0 Å². The second-order valence-electron chi connectivity index (χ2n) is 12.0. The van der Waals surface area contributed by atoms with Gasteiger partial charge < -0.3 is 37.2 Å². The molecule has 0 aromatic heterocycles. The molecule has 0 saturated carbocycles. The van der Waals surface area contributed by atoms with E-state index in [9.17, 15) is 24.6 Å². The van der Waals surface area contributed by atoms with E-state index < -0.39 is 47.4 Å². The Morgan fingerprint density at radius 3 is 2.59 bits per heavy atom. The van der Waals surface area contributed by atoms with Gasteiger partial charge >= 0.3 is 6.03 Å². The molecule has 2 aromatic carbocycles. The Morgan fingerprint density at radius 1 is 1.02 bits per heavy atom. The van der Waals surface area contributed by atoms with Gasteiger partial charge in [0.2, 0.25) is 5.79 Å². The number of para-hydroxylation sites is 1. The van der Waals surface area contributed by atoms with Crippen molar-refractivity contribution in [3.63, 3.8) is 0 Å². The maximum atomic E-state index is 13.7. The van der Waals surface area contributed by atoms with Crippen LogP contribution in [0.5, 0.6) is 0 Å². The van der Waals surface area contributed by atoms with E-state index in [4.69, 9.17) is 11.5 Å². The predicted molar refractivity (Wildman–Crippen MR) is 160 cm³/mol. The highest BCUT2D eigenvalue weighted by Crippen LogP contribution is 2.45. The van der Waals surface area contributed by atoms with Gasteiger partial charge in [0.1, 0.15) is 18.6 Å². The van der Waals surface area contributed by atoms with Crippen LogP contribution < -0.4 is 27.0 Å². The number of urea groups is 1. The van der Waals surface area contributed by atoms with Gasteiger partial charge in [-0.1, -0.05) is 36.8 Å². The van der Waals surface area contributed by atoms with Crippen molar-refractivity contribution >= 4 is 35.5 Å². The van der Waals surface area contributed by atoms with Crippen LogP contribution in [0.1, 0.15) is 40.7 Å². The van der Waals surface area contributed by atoms with E-state index in [1.165, 1.54) is 9.80 Å². The maximum absolute atomic E-state index is 13.7. The van der Waals surface area contributed by atoms with Crippen molar-refractivity contribution in [1.29, 1.82) is 0 Å². The van der Waals surface area contributed by atoms with Gasteiger partial charge in [-0.05, 0) is 55.0 Å². The van der Waals surface area contributed by atoms with Gasteiger partial charge in [0, 0.05) is 17.8 Å². The molecule has 2 saturated heterocycles. The number of amides is 4. The van der Waals surface area contributed by atoms with Gasteiger partial charge in [-0.3, -0.25) is 19.4 Å². The number of hydrogen-bond acceptors (Lipinski definition) is 11. The summed E-state index contributed by atoms with van der Waals surface area (Å²) in [5.74, 6) is -3.67. The standard InChI is InChI=1S/C30H35N9O5/c31-26-35-24-21(14-38-23(40)16-37(28(38)42)18-10-4-2-5-11-18)33-27(32)39-15-22(30(43,44)29(24,39)36-26)34-25(41)20-13-7-9-17-8-3-1-6-12-19(17)20/h2,4-5,7,9-11,13,21-22,24,43-44H,1,3,6,8,12,14-16H2,(H2,32,33)(H,34,41)(H3,31,35,36)/t21-,22?,24-,29?/m0/s1. The highest BCUT2D eigenvalue weighted by molar-refractivity contribution is 6.12.